The lowest BCUT2D eigenvalue weighted by atomic mass is 9.98. The summed E-state index contributed by atoms with van der Waals surface area (Å²) in [6.07, 6.45) is 11.9. The maximum absolute atomic E-state index is 14.1. The van der Waals surface area contributed by atoms with Gasteiger partial charge in [0.2, 0.25) is 0 Å². The molecule has 0 bridgehead atoms. The summed E-state index contributed by atoms with van der Waals surface area (Å²) in [4.78, 5) is 8.69. The number of benzene rings is 1. The summed E-state index contributed by atoms with van der Waals surface area (Å²) in [5.41, 5.74) is 6.01. The molecule has 2 heterocycles. The fourth-order valence-electron chi connectivity index (χ4n) is 3.30. The monoisotopic (exact) mass is 457 g/mol. The van der Waals surface area contributed by atoms with E-state index < -0.39 is 0 Å². The molecule has 0 unspecified atom stereocenters. The summed E-state index contributed by atoms with van der Waals surface area (Å²) in [7, 11) is 0. The van der Waals surface area contributed by atoms with Crippen LogP contribution in [0.2, 0.25) is 0 Å². The van der Waals surface area contributed by atoms with Crippen LogP contribution in [-0.2, 0) is 0 Å². The molecule has 1 aromatic carbocycles. The van der Waals surface area contributed by atoms with Crippen molar-refractivity contribution >= 4 is 11.1 Å². The number of nitrogens with one attached hydrogen (secondary N) is 1. The van der Waals surface area contributed by atoms with E-state index in [0.29, 0.717) is 11.3 Å². The van der Waals surface area contributed by atoms with E-state index in [2.05, 4.69) is 41.8 Å². The molecule has 0 aliphatic carbocycles. The van der Waals surface area contributed by atoms with Crippen molar-refractivity contribution in [2.45, 2.75) is 40.5 Å². The standard InChI is InChI=1S/C24H21FN2.C6H15N/c1-4-18(14-19(5-2)21-11-10-17(3)27-16-21)20-12-13-26-24(15-20)22-8-6-7-9-23(22)25;1-3-5-7-6-4-2/h4-16H,2H2,1,3H3;7H,3-6H2,1-2H3/b18-4+,19-14+;. The van der Waals surface area contributed by atoms with E-state index in [1.54, 1.807) is 18.3 Å². The highest BCUT2D eigenvalue weighted by Gasteiger charge is 2.08. The van der Waals surface area contributed by atoms with Crippen LogP contribution >= 0.6 is 0 Å². The van der Waals surface area contributed by atoms with Gasteiger partial charge in [0.15, 0.2) is 0 Å². The average molecular weight is 458 g/mol. The average Bonchev–Trinajstić information content (AvgIpc) is 2.87. The molecule has 3 aromatic rings. The Morgan fingerprint density at radius 1 is 0.971 bits per heavy atom. The first-order chi connectivity index (χ1) is 16.5. The number of nitrogens with zero attached hydrogens (tertiary/aromatic N) is 2. The molecular weight excluding hydrogens is 421 g/mol. The maximum atomic E-state index is 14.1. The maximum Gasteiger partial charge on any atom is 0.132 e. The Morgan fingerprint density at radius 2 is 1.71 bits per heavy atom. The Morgan fingerprint density at radius 3 is 2.29 bits per heavy atom. The summed E-state index contributed by atoms with van der Waals surface area (Å²) in [5, 5.41) is 3.28. The summed E-state index contributed by atoms with van der Waals surface area (Å²) in [6, 6.07) is 14.5. The molecule has 0 fully saturated rings. The molecule has 0 amide bonds. The molecule has 3 nitrogen and oxygen atoms in total. The Labute approximate surface area is 204 Å². The molecule has 0 aliphatic rings. The number of rotatable bonds is 9. The third-order valence-electron chi connectivity index (χ3n) is 5.18. The van der Waals surface area contributed by atoms with Crippen LogP contribution < -0.4 is 5.32 Å². The van der Waals surface area contributed by atoms with E-state index in [9.17, 15) is 4.39 Å². The van der Waals surface area contributed by atoms with Gasteiger partial charge in [-0.05, 0) is 92.9 Å². The van der Waals surface area contributed by atoms with Crippen LogP contribution in [-0.4, -0.2) is 23.1 Å². The number of aromatic nitrogens is 2. The van der Waals surface area contributed by atoms with Crippen LogP contribution in [0.1, 0.15) is 50.4 Å². The van der Waals surface area contributed by atoms with Crippen LogP contribution in [0.5, 0.6) is 0 Å². The van der Waals surface area contributed by atoms with E-state index in [1.165, 1.54) is 32.0 Å². The fourth-order valence-corrected chi connectivity index (χ4v) is 3.30. The number of allylic oxidation sites excluding steroid dienone is 5. The largest absolute Gasteiger partial charge is 0.317 e. The normalized spacial score (nSPS) is 11.6. The second-order valence-electron chi connectivity index (χ2n) is 7.90. The third-order valence-corrected chi connectivity index (χ3v) is 5.18. The van der Waals surface area contributed by atoms with Crippen molar-refractivity contribution in [3.05, 3.63) is 108 Å². The summed E-state index contributed by atoms with van der Waals surface area (Å²) >= 11 is 0. The van der Waals surface area contributed by atoms with Gasteiger partial charge in [-0.1, -0.05) is 50.8 Å². The Kier molecular flexibility index (Phi) is 11.6. The third kappa shape index (κ3) is 8.20. The van der Waals surface area contributed by atoms with Crippen molar-refractivity contribution in [1.29, 1.82) is 0 Å². The molecule has 1 N–H and O–H groups in total. The summed E-state index contributed by atoms with van der Waals surface area (Å²) < 4.78 is 14.1. The van der Waals surface area contributed by atoms with E-state index in [4.69, 9.17) is 0 Å². The van der Waals surface area contributed by atoms with Gasteiger partial charge in [0, 0.05) is 29.2 Å². The van der Waals surface area contributed by atoms with Crippen molar-refractivity contribution in [1.82, 2.24) is 15.3 Å². The van der Waals surface area contributed by atoms with Gasteiger partial charge in [-0.15, -0.1) is 0 Å². The van der Waals surface area contributed by atoms with Crippen LogP contribution in [0.4, 0.5) is 4.39 Å². The molecule has 4 heteroatoms. The zero-order chi connectivity index (χ0) is 24.8. The first-order valence-corrected chi connectivity index (χ1v) is 11.9. The highest BCUT2D eigenvalue weighted by atomic mass is 19.1. The summed E-state index contributed by atoms with van der Waals surface area (Å²) in [5.74, 6) is -0.280. The molecule has 2 aromatic heterocycles. The molecular formula is C30H36FN3. The SMILES string of the molecule is C=C/C(=C\C(=C/C)c1ccnc(-c2ccccc2F)c1)c1ccc(C)nc1.CCCNCCC. The van der Waals surface area contributed by atoms with Crippen molar-refractivity contribution in [2.24, 2.45) is 0 Å². The highest BCUT2D eigenvalue weighted by molar-refractivity contribution is 5.87. The van der Waals surface area contributed by atoms with Crippen molar-refractivity contribution in [3.63, 3.8) is 0 Å². The Bertz CT molecular complexity index is 1090. The lowest BCUT2D eigenvalue weighted by Gasteiger charge is -2.09. The zero-order valence-electron chi connectivity index (χ0n) is 20.8. The van der Waals surface area contributed by atoms with Gasteiger partial charge in [0.25, 0.3) is 0 Å². The fraction of sp³-hybridized carbons (Fsp3) is 0.267. The second-order valence-corrected chi connectivity index (χ2v) is 7.90. The molecule has 0 aliphatic heterocycles. The van der Waals surface area contributed by atoms with Gasteiger partial charge in [-0.25, -0.2) is 4.39 Å². The lowest BCUT2D eigenvalue weighted by molar-refractivity contribution is 0.630. The van der Waals surface area contributed by atoms with E-state index in [0.717, 1.165) is 28.0 Å². The zero-order valence-corrected chi connectivity index (χ0v) is 20.8. The van der Waals surface area contributed by atoms with Crippen LogP contribution in [0, 0.1) is 12.7 Å². The summed E-state index contributed by atoms with van der Waals surface area (Å²) in [6.45, 7) is 14.6. The smallest absolute Gasteiger partial charge is 0.132 e. The van der Waals surface area contributed by atoms with E-state index >= 15 is 0 Å². The number of halogens is 1. The molecule has 0 saturated heterocycles. The van der Waals surface area contributed by atoms with Gasteiger partial charge in [-0.3, -0.25) is 9.97 Å². The number of aryl methyl sites for hydroxylation is 1. The Hall–Kier alpha value is -3.37. The van der Waals surface area contributed by atoms with Crippen molar-refractivity contribution < 1.29 is 4.39 Å². The van der Waals surface area contributed by atoms with Gasteiger partial charge in [-0.2, -0.15) is 0 Å². The molecule has 3 rings (SSSR count). The van der Waals surface area contributed by atoms with Gasteiger partial charge in [0.1, 0.15) is 5.82 Å². The predicted molar refractivity (Wildman–Crippen MR) is 144 cm³/mol. The van der Waals surface area contributed by atoms with E-state index in [1.807, 2.05) is 62.5 Å². The molecule has 34 heavy (non-hydrogen) atoms. The molecule has 0 spiro atoms. The van der Waals surface area contributed by atoms with Crippen LogP contribution in [0.15, 0.2) is 85.7 Å². The van der Waals surface area contributed by atoms with Crippen LogP contribution in [0.25, 0.3) is 22.4 Å². The van der Waals surface area contributed by atoms with E-state index in [-0.39, 0.29) is 5.82 Å². The quantitative estimate of drug-likeness (QED) is 0.265. The first kappa shape index (κ1) is 26.9. The van der Waals surface area contributed by atoms with Crippen molar-refractivity contribution in [3.8, 4) is 11.3 Å². The van der Waals surface area contributed by atoms with Crippen molar-refractivity contribution in [2.75, 3.05) is 13.1 Å². The number of hydrogen-bond acceptors (Lipinski definition) is 3. The topological polar surface area (TPSA) is 37.8 Å². The predicted octanol–water partition coefficient (Wildman–Crippen LogP) is 7.66. The minimum absolute atomic E-state index is 0.280. The lowest BCUT2D eigenvalue weighted by Crippen LogP contribution is -2.14. The molecule has 0 radical (unpaired) electrons. The van der Waals surface area contributed by atoms with Crippen LogP contribution in [0.3, 0.4) is 0 Å². The highest BCUT2D eigenvalue weighted by Crippen LogP contribution is 2.27. The number of pyridine rings is 2. The molecule has 0 atom stereocenters. The van der Waals surface area contributed by atoms with Gasteiger partial charge >= 0.3 is 0 Å². The van der Waals surface area contributed by atoms with Gasteiger partial charge < -0.3 is 5.32 Å². The minimum atomic E-state index is -0.280. The minimum Gasteiger partial charge on any atom is -0.317 e. The molecule has 0 saturated carbocycles. The number of hydrogen-bond donors (Lipinski definition) is 1. The Balaban J connectivity index is 0.000000509. The first-order valence-electron chi connectivity index (χ1n) is 11.9. The molecule has 178 valence electrons. The second kappa shape index (κ2) is 14.7. The van der Waals surface area contributed by atoms with Gasteiger partial charge in [0.05, 0.1) is 5.69 Å².